The van der Waals surface area contributed by atoms with Crippen LogP contribution in [0.1, 0.15) is 13.3 Å². The molecule has 1 heterocycles. The van der Waals surface area contributed by atoms with Crippen molar-refractivity contribution in [3.63, 3.8) is 0 Å². The first-order valence-corrected chi connectivity index (χ1v) is 8.00. The normalized spacial score (nSPS) is 26.7. The Hall–Kier alpha value is -2.69. The maximum atomic E-state index is 11.8. The highest BCUT2D eigenvalue weighted by atomic mass is 16.7. The second-order valence-electron chi connectivity index (χ2n) is 5.52. The predicted molar refractivity (Wildman–Crippen MR) is 90.2 cm³/mol. The summed E-state index contributed by atoms with van der Waals surface area (Å²) in [5, 5.41) is 37.7. The number of rotatable bonds is 5. The summed E-state index contributed by atoms with van der Waals surface area (Å²) >= 11 is 0. The van der Waals surface area contributed by atoms with Gasteiger partial charge >= 0.3 is 6.09 Å². The van der Waals surface area contributed by atoms with Crippen LogP contribution in [0.3, 0.4) is 0 Å². The number of aliphatic hydroxyl groups is 3. The largest absolute Gasteiger partial charge is 0.468 e. The second-order valence-corrected chi connectivity index (χ2v) is 5.52. The standard InChI is InChI=1S/C16H21N3O7/c1-2-11(21)18-12-14(23)13(22)10(8-20)25-15(12)19-26-16(24)17-9-6-4-3-5-7-9/h3-7,10,12-14,20,22-23H,2,8H2,1H3,(H,17,24)(H,18,21)/b19-15-/t10-,12-,13-,14-/m1/s1. The lowest BCUT2D eigenvalue weighted by Crippen LogP contribution is -2.62. The van der Waals surface area contributed by atoms with Crippen molar-refractivity contribution in [2.45, 2.75) is 37.7 Å². The zero-order valence-corrected chi connectivity index (χ0v) is 14.0. The monoisotopic (exact) mass is 367 g/mol. The summed E-state index contributed by atoms with van der Waals surface area (Å²) in [6.45, 7) is 0.987. The van der Waals surface area contributed by atoms with Gasteiger partial charge in [0.2, 0.25) is 5.91 Å². The predicted octanol–water partition coefficient (Wildman–Crippen LogP) is -0.444. The van der Waals surface area contributed by atoms with E-state index in [0.717, 1.165) is 0 Å². The molecule has 0 unspecified atom stereocenters. The second kappa shape index (κ2) is 9.13. The van der Waals surface area contributed by atoms with Crippen molar-refractivity contribution in [2.24, 2.45) is 5.16 Å². The SMILES string of the molecule is CCC(=O)N[C@H]1/C(=N/OC(=O)Nc2ccccc2)O[C@H](CO)[C@@H](O)[C@@H]1O. The van der Waals surface area contributed by atoms with Crippen LogP contribution in [0.5, 0.6) is 0 Å². The molecule has 1 aromatic rings. The van der Waals surface area contributed by atoms with Crippen molar-refractivity contribution in [1.29, 1.82) is 0 Å². The Balaban J connectivity index is 2.11. The van der Waals surface area contributed by atoms with Gasteiger partial charge in [-0.3, -0.25) is 14.9 Å². The summed E-state index contributed by atoms with van der Waals surface area (Å²) in [4.78, 5) is 28.1. The zero-order chi connectivity index (χ0) is 19.1. The molecule has 4 atom stereocenters. The summed E-state index contributed by atoms with van der Waals surface area (Å²) in [6, 6.07) is 7.24. The van der Waals surface area contributed by atoms with Gasteiger partial charge in [0, 0.05) is 12.1 Å². The first kappa shape index (κ1) is 19.6. The molecule has 0 saturated carbocycles. The van der Waals surface area contributed by atoms with Gasteiger partial charge in [0.05, 0.1) is 6.61 Å². The minimum absolute atomic E-state index is 0.116. The highest BCUT2D eigenvalue weighted by molar-refractivity contribution is 5.90. The number of benzene rings is 1. The third kappa shape index (κ3) is 4.91. The zero-order valence-electron chi connectivity index (χ0n) is 14.0. The van der Waals surface area contributed by atoms with E-state index >= 15 is 0 Å². The first-order chi connectivity index (χ1) is 12.5. The Kier molecular flexibility index (Phi) is 6.89. The number of para-hydroxylation sites is 1. The van der Waals surface area contributed by atoms with Crippen LogP contribution in [-0.4, -0.2) is 64.2 Å². The molecule has 0 spiro atoms. The molecule has 2 amide bonds. The summed E-state index contributed by atoms with van der Waals surface area (Å²) in [5.41, 5.74) is 0.474. The fraction of sp³-hybridized carbons (Fsp3) is 0.438. The number of oxime groups is 1. The maximum absolute atomic E-state index is 11.8. The summed E-state index contributed by atoms with van der Waals surface area (Å²) in [6.07, 6.45) is -4.95. The van der Waals surface area contributed by atoms with Gasteiger partial charge in [-0.15, -0.1) is 0 Å². The summed E-state index contributed by atoms with van der Waals surface area (Å²) < 4.78 is 5.25. The smallest absolute Gasteiger partial charge is 0.437 e. The molecule has 1 fully saturated rings. The number of carbonyl (C=O) groups is 2. The van der Waals surface area contributed by atoms with Gasteiger partial charge < -0.3 is 25.4 Å². The van der Waals surface area contributed by atoms with Gasteiger partial charge in [-0.2, -0.15) is 0 Å². The van der Waals surface area contributed by atoms with Crippen LogP contribution in [0.15, 0.2) is 35.5 Å². The summed E-state index contributed by atoms with van der Waals surface area (Å²) in [5.74, 6) is -0.777. The van der Waals surface area contributed by atoms with Crippen LogP contribution in [-0.2, 0) is 14.4 Å². The van der Waals surface area contributed by atoms with Crippen molar-refractivity contribution < 1.29 is 34.5 Å². The van der Waals surface area contributed by atoms with Gasteiger partial charge in [0.25, 0.3) is 5.90 Å². The highest BCUT2D eigenvalue weighted by Crippen LogP contribution is 2.18. The quantitative estimate of drug-likeness (QED) is 0.350. The highest BCUT2D eigenvalue weighted by Gasteiger charge is 2.44. The number of anilines is 1. The fourth-order valence-corrected chi connectivity index (χ4v) is 2.26. The van der Waals surface area contributed by atoms with Gasteiger partial charge in [-0.1, -0.05) is 25.1 Å². The van der Waals surface area contributed by atoms with E-state index in [9.17, 15) is 24.9 Å². The van der Waals surface area contributed by atoms with Crippen LogP contribution < -0.4 is 10.6 Å². The molecule has 2 rings (SSSR count). The number of nitrogens with one attached hydrogen (secondary N) is 2. The lowest BCUT2D eigenvalue weighted by Gasteiger charge is -2.37. The number of nitrogens with zero attached hydrogens (tertiary/aromatic N) is 1. The van der Waals surface area contributed by atoms with Crippen LogP contribution in [0.4, 0.5) is 10.5 Å². The maximum Gasteiger partial charge on any atom is 0.437 e. The topological polar surface area (TPSA) is 150 Å². The average Bonchev–Trinajstić information content (AvgIpc) is 2.65. The van der Waals surface area contributed by atoms with Gasteiger partial charge in [-0.25, -0.2) is 4.79 Å². The van der Waals surface area contributed by atoms with E-state index in [-0.39, 0.29) is 12.3 Å². The van der Waals surface area contributed by atoms with Crippen molar-refractivity contribution in [2.75, 3.05) is 11.9 Å². The molecule has 1 aliphatic rings. The Bertz CT molecular complexity index is 653. The molecule has 5 N–H and O–H groups in total. The van der Waals surface area contributed by atoms with Crippen LogP contribution in [0, 0.1) is 0 Å². The molecule has 0 aromatic heterocycles. The summed E-state index contributed by atoms with van der Waals surface area (Å²) in [7, 11) is 0. The third-order valence-corrected chi connectivity index (χ3v) is 3.67. The molecule has 1 aromatic carbocycles. The minimum Gasteiger partial charge on any atom is -0.468 e. The van der Waals surface area contributed by atoms with Gasteiger partial charge in [0.15, 0.2) is 6.10 Å². The van der Waals surface area contributed by atoms with Crippen LogP contribution in [0.25, 0.3) is 0 Å². The van der Waals surface area contributed by atoms with E-state index in [0.29, 0.717) is 5.69 Å². The van der Waals surface area contributed by atoms with Crippen LogP contribution >= 0.6 is 0 Å². The molecule has 0 radical (unpaired) electrons. The first-order valence-electron chi connectivity index (χ1n) is 8.00. The Morgan fingerprint density at radius 1 is 1.23 bits per heavy atom. The number of hydrogen-bond acceptors (Lipinski definition) is 8. The number of ether oxygens (including phenoxy) is 1. The molecular weight excluding hydrogens is 346 g/mol. The van der Waals surface area contributed by atoms with E-state index in [4.69, 9.17) is 9.57 Å². The van der Waals surface area contributed by atoms with Crippen molar-refractivity contribution in [3.8, 4) is 0 Å². The van der Waals surface area contributed by atoms with E-state index in [1.807, 2.05) is 0 Å². The van der Waals surface area contributed by atoms with Crippen LogP contribution in [0.2, 0.25) is 0 Å². The van der Waals surface area contributed by atoms with E-state index in [1.165, 1.54) is 0 Å². The molecule has 0 aliphatic carbocycles. The van der Waals surface area contributed by atoms with Gasteiger partial charge in [0.1, 0.15) is 18.2 Å². The lowest BCUT2D eigenvalue weighted by molar-refractivity contribution is -0.127. The molecule has 10 heteroatoms. The van der Waals surface area contributed by atoms with E-state index in [2.05, 4.69) is 15.8 Å². The number of carbonyl (C=O) groups excluding carboxylic acids is 2. The van der Waals surface area contributed by atoms with E-state index in [1.54, 1.807) is 37.3 Å². The lowest BCUT2D eigenvalue weighted by atomic mass is 9.97. The number of aliphatic hydroxyl groups excluding tert-OH is 3. The molecule has 1 aliphatic heterocycles. The molecule has 0 bridgehead atoms. The van der Waals surface area contributed by atoms with Gasteiger partial charge in [-0.05, 0) is 17.3 Å². The average molecular weight is 367 g/mol. The Morgan fingerprint density at radius 2 is 1.92 bits per heavy atom. The molecular formula is C16H21N3O7. The molecule has 26 heavy (non-hydrogen) atoms. The van der Waals surface area contributed by atoms with Crippen molar-refractivity contribution >= 4 is 23.6 Å². The molecule has 10 nitrogen and oxygen atoms in total. The van der Waals surface area contributed by atoms with E-state index < -0.39 is 43.0 Å². The molecule has 142 valence electrons. The Labute approximate surface area is 149 Å². The third-order valence-electron chi connectivity index (χ3n) is 3.67. The minimum atomic E-state index is -1.50. The molecule has 1 saturated heterocycles. The number of hydrogen-bond donors (Lipinski definition) is 5. The van der Waals surface area contributed by atoms with Crippen molar-refractivity contribution in [3.05, 3.63) is 30.3 Å². The van der Waals surface area contributed by atoms with Crippen molar-refractivity contribution in [1.82, 2.24) is 5.32 Å². The Morgan fingerprint density at radius 3 is 2.54 bits per heavy atom. The fourth-order valence-electron chi connectivity index (χ4n) is 2.26. The number of amides is 2.